The predicted molar refractivity (Wildman–Crippen MR) is 78.4 cm³/mol. The molecule has 5 nitrogen and oxygen atoms in total. The van der Waals surface area contributed by atoms with E-state index in [0.29, 0.717) is 17.0 Å². The zero-order valence-electron chi connectivity index (χ0n) is 11.3. The minimum absolute atomic E-state index is 0.430. The molecule has 3 N–H and O–H groups in total. The van der Waals surface area contributed by atoms with Gasteiger partial charge in [0.1, 0.15) is 17.6 Å². The summed E-state index contributed by atoms with van der Waals surface area (Å²) >= 11 is 0. The highest BCUT2D eigenvalue weighted by molar-refractivity contribution is 5.71. The Morgan fingerprint density at radius 1 is 1.10 bits per heavy atom. The molecule has 0 saturated carbocycles. The van der Waals surface area contributed by atoms with Crippen molar-refractivity contribution in [2.24, 2.45) is 0 Å². The normalized spacial score (nSPS) is 9.65. The van der Waals surface area contributed by atoms with E-state index in [1.54, 1.807) is 32.4 Å². The van der Waals surface area contributed by atoms with Crippen LogP contribution in [0, 0.1) is 11.3 Å². The van der Waals surface area contributed by atoms with Gasteiger partial charge in [0.15, 0.2) is 0 Å². The molecule has 0 unspecified atom stereocenters. The van der Waals surface area contributed by atoms with Crippen molar-refractivity contribution < 1.29 is 9.47 Å². The molecule has 2 aromatic rings. The summed E-state index contributed by atoms with van der Waals surface area (Å²) in [5.41, 5.74) is 8.21. The van der Waals surface area contributed by atoms with E-state index in [1.165, 1.54) is 0 Å². The summed E-state index contributed by atoms with van der Waals surface area (Å²) in [6.45, 7) is 0. The fourth-order valence-corrected chi connectivity index (χ4v) is 1.81. The van der Waals surface area contributed by atoms with Gasteiger partial charge in [0, 0.05) is 11.8 Å². The number of nitriles is 1. The predicted octanol–water partition coefficient (Wildman–Crippen LogP) is 2.90. The monoisotopic (exact) mass is 269 g/mol. The average molecular weight is 269 g/mol. The molecule has 0 bridgehead atoms. The summed E-state index contributed by atoms with van der Waals surface area (Å²) in [5, 5.41) is 12.1. The van der Waals surface area contributed by atoms with Crippen LogP contribution < -0.4 is 20.5 Å². The first kappa shape index (κ1) is 13.6. The third-order valence-electron chi connectivity index (χ3n) is 2.86. The maximum absolute atomic E-state index is 8.86. The number of nitrogen functional groups attached to an aromatic ring is 1. The van der Waals surface area contributed by atoms with Crippen LogP contribution in [0.1, 0.15) is 5.56 Å². The Balaban J connectivity index is 2.34. The summed E-state index contributed by atoms with van der Waals surface area (Å²) in [4.78, 5) is 0. The molecule has 0 radical (unpaired) electrons. The molecule has 0 aromatic heterocycles. The molecule has 2 rings (SSSR count). The van der Waals surface area contributed by atoms with Gasteiger partial charge in [-0.25, -0.2) is 0 Å². The van der Waals surface area contributed by atoms with Crippen LogP contribution in [0.3, 0.4) is 0 Å². The fraction of sp³-hybridized carbons (Fsp3) is 0.133. The summed E-state index contributed by atoms with van der Waals surface area (Å²) in [6, 6.07) is 12.6. The standard InChI is InChI=1S/C15H15N3O2/c1-19-12-5-6-15(20-2)14(8-12)18-11-4-3-10(9-16)13(17)7-11/h3-8,18H,17H2,1-2H3. The van der Waals surface area contributed by atoms with E-state index in [9.17, 15) is 0 Å². The molecular formula is C15H15N3O2. The lowest BCUT2D eigenvalue weighted by atomic mass is 10.1. The van der Waals surface area contributed by atoms with Crippen LogP contribution in [0.2, 0.25) is 0 Å². The van der Waals surface area contributed by atoms with Crippen LogP contribution >= 0.6 is 0 Å². The summed E-state index contributed by atoms with van der Waals surface area (Å²) in [7, 11) is 3.20. The van der Waals surface area contributed by atoms with E-state index in [4.69, 9.17) is 20.5 Å². The number of anilines is 3. The SMILES string of the molecule is COc1ccc(OC)c(Nc2ccc(C#N)c(N)c2)c1. The van der Waals surface area contributed by atoms with Crippen molar-refractivity contribution >= 4 is 17.1 Å². The smallest absolute Gasteiger partial charge is 0.142 e. The number of benzene rings is 2. The van der Waals surface area contributed by atoms with Crippen LogP contribution in [0.5, 0.6) is 11.5 Å². The van der Waals surface area contributed by atoms with Gasteiger partial charge in [-0.05, 0) is 30.3 Å². The van der Waals surface area contributed by atoms with Crippen molar-refractivity contribution in [2.45, 2.75) is 0 Å². The topological polar surface area (TPSA) is 80.3 Å². The third-order valence-corrected chi connectivity index (χ3v) is 2.86. The Morgan fingerprint density at radius 2 is 1.90 bits per heavy atom. The van der Waals surface area contributed by atoms with Crippen molar-refractivity contribution in [3.63, 3.8) is 0 Å². The van der Waals surface area contributed by atoms with Crippen LogP contribution in [0.15, 0.2) is 36.4 Å². The van der Waals surface area contributed by atoms with E-state index in [-0.39, 0.29) is 0 Å². The van der Waals surface area contributed by atoms with Crippen molar-refractivity contribution in [3.05, 3.63) is 42.0 Å². The van der Waals surface area contributed by atoms with Gasteiger partial charge in [-0.15, -0.1) is 0 Å². The number of nitrogens with zero attached hydrogens (tertiary/aromatic N) is 1. The molecule has 0 aliphatic rings. The zero-order valence-corrected chi connectivity index (χ0v) is 11.3. The Bertz CT molecular complexity index is 663. The van der Waals surface area contributed by atoms with Gasteiger partial charge in [0.2, 0.25) is 0 Å². The average Bonchev–Trinajstić information content (AvgIpc) is 2.47. The second-order valence-corrected chi connectivity index (χ2v) is 4.11. The van der Waals surface area contributed by atoms with E-state index in [1.807, 2.05) is 24.3 Å². The number of rotatable bonds is 4. The Morgan fingerprint density at radius 3 is 2.50 bits per heavy atom. The van der Waals surface area contributed by atoms with Gasteiger partial charge in [0.25, 0.3) is 0 Å². The van der Waals surface area contributed by atoms with Crippen molar-refractivity contribution in [1.82, 2.24) is 0 Å². The maximum Gasteiger partial charge on any atom is 0.142 e. The number of nitrogens with one attached hydrogen (secondary N) is 1. The lowest BCUT2D eigenvalue weighted by Gasteiger charge is -2.13. The second kappa shape index (κ2) is 5.85. The number of ether oxygens (including phenoxy) is 2. The minimum atomic E-state index is 0.430. The first-order valence-electron chi connectivity index (χ1n) is 5.96. The summed E-state index contributed by atoms with van der Waals surface area (Å²) < 4.78 is 10.5. The van der Waals surface area contributed by atoms with E-state index in [2.05, 4.69) is 5.32 Å². The van der Waals surface area contributed by atoms with Crippen LogP contribution in [-0.2, 0) is 0 Å². The van der Waals surface area contributed by atoms with Crippen LogP contribution in [-0.4, -0.2) is 14.2 Å². The molecule has 5 heteroatoms. The molecule has 0 atom stereocenters. The highest BCUT2D eigenvalue weighted by Crippen LogP contribution is 2.32. The Kier molecular flexibility index (Phi) is 3.96. The number of hydrogen-bond acceptors (Lipinski definition) is 5. The lowest BCUT2D eigenvalue weighted by Crippen LogP contribution is -1.97. The number of methoxy groups -OCH3 is 2. The van der Waals surface area contributed by atoms with Gasteiger partial charge < -0.3 is 20.5 Å². The molecule has 2 aromatic carbocycles. The molecule has 0 aliphatic carbocycles. The van der Waals surface area contributed by atoms with Crippen LogP contribution in [0.4, 0.5) is 17.1 Å². The van der Waals surface area contributed by atoms with Gasteiger partial charge >= 0.3 is 0 Å². The Labute approximate surface area is 117 Å². The summed E-state index contributed by atoms with van der Waals surface area (Å²) in [6.07, 6.45) is 0. The number of hydrogen-bond donors (Lipinski definition) is 2. The molecular weight excluding hydrogens is 254 g/mol. The van der Waals surface area contributed by atoms with E-state index < -0.39 is 0 Å². The molecule has 0 amide bonds. The summed E-state index contributed by atoms with van der Waals surface area (Å²) in [5.74, 6) is 1.41. The molecule has 0 spiro atoms. The highest BCUT2D eigenvalue weighted by Gasteiger charge is 2.06. The maximum atomic E-state index is 8.86. The van der Waals surface area contributed by atoms with E-state index in [0.717, 1.165) is 17.1 Å². The molecule has 0 fully saturated rings. The second-order valence-electron chi connectivity index (χ2n) is 4.11. The molecule has 20 heavy (non-hydrogen) atoms. The minimum Gasteiger partial charge on any atom is -0.497 e. The van der Waals surface area contributed by atoms with Gasteiger partial charge in [-0.1, -0.05) is 0 Å². The van der Waals surface area contributed by atoms with Gasteiger partial charge in [0.05, 0.1) is 31.2 Å². The third kappa shape index (κ3) is 2.75. The Hall–Kier alpha value is -2.87. The van der Waals surface area contributed by atoms with E-state index >= 15 is 0 Å². The molecule has 102 valence electrons. The van der Waals surface area contributed by atoms with Gasteiger partial charge in [-0.3, -0.25) is 0 Å². The van der Waals surface area contributed by atoms with Crippen molar-refractivity contribution in [3.8, 4) is 17.6 Å². The van der Waals surface area contributed by atoms with Crippen LogP contribution in [0.25, 0.3) is 0 Å². The quantitative estimate of drug-likeness (QED) is 0.834. The molecule has 0 heterocycles. The highest BCUT2D eigenvalue weighted by atomic mass is 16.5. The number of nitrogens with two attached hydrogens (primary N) is 1. The molecule has 0 aliphatic heterocycles. The van der Waals surface area contributed by atoms with Crippen molar-refractivity contribution in [2.75, 3.05) is 25.3 Å². The first-order chi connectivity index (χ1) is 9.67. The van der Waals surface area contributed by atoms with Gasteiger partial charge in [-0.2, -0.15) is 5.26 Å². The lowest BCUT2D eigenvalue weighted by molar-refractivity contribution is 0.405. The first-order valence-corrected chi connectivity index (χ1v) is 5.96. The zero-order chi connectivity index (χ0) is 14.5. The largest absolute Gasteiger partial charge is 0.497 e. The molecule has 0 saturated heterocycles. The van der Waals surface area contributed by atoms with Crippen molar-refractivity contribution in [1.29, 1.82) is 5.26 Å². The fourth-order valence-electron chi connectivity index (χ4n) is 1.81.